The molecule has 0 atom stereocenters. The third-order valence-corrected chi connectivity index (χ3v) is 2.91. The van der Waals surface area contributed by atoms with Crippen molar-refractivity contribution in [3.63, 3.8) is 0 Å². The summed E-state index contributed by atoms with van der Waals surface area (Å²) in [6.45, 7) is 2.27. The zero-order valence-corrected chi connectivity index (χ0v) is 12.1. The molecule has 21 heavy (non-hydrogen) atoms. The Labute approximate surface area is 124 Å². The number of para-hydroxylation sites is 1. The summed E-state index contributed by atoms with van der Waals surface area (Å²) in [5.74, 6) is 4.08. The fourth-order valence-electron chi connectivity index (χ4n) is 1.86. The van der Waals surface area contributed by atoms with E-state index in [1.807, 2.05) is 41.2 Å². The number of terminal acetylenes is 1. The summed E-state index contributed by atoms with van der Waals surface area (Å²) in [5, 5.41) is 7.68. The second-order valence-corrected chi connectivity index (χ2v) is 4.41. The minimum absolute atomic E-state index is 0.267. The second kappa shape index (κ2) is 7.98. The standard InChI is InChI=1S/C16H19N3O2/c1-3-11-21-15-7-5-4-6-14(15)13-17-16-8-9-19(18-16)10-12-20-2/h1,4-9H,10-13H2,2H3,(H,17,18). The van der Waals surface area contributed by atoms with E-state index >= 15 is 0 Å². The Morgan fingerprint density at radius 2 is 2.19 bits per heavy atom. The van der Waals surface area contributed by atoms with Crippen LogP contribution in [-0.2, 0) is 17.8 Å². The number of anilines is 1. The quantitative estimate of drug-likeness (QED) is 0.755. The molecule has 0 radical (unpaired) electrons. The minimum Gasteiger partial charge on any atom is -0.481 e. The highest BCUT2D eigenvalue weighted by Crippen LogP contribution is 2.19. The van der Waals surface area contributed by atoms with E-state index in [0.717, 1.165) is 23.7 Å². The number of nitrogens with zero attached hydrogens (tertiary/aromatic N) is 2. The van der Waals surface area contributed by atoms with E-state index in [-0.39, 0.29) is 6.61 Å². The molecule has 0 saturated carbocycles. The van der Waals surface area contributed by atoms with Gasteiger partial charge in [0.2, 0.25) is 0 Å². The van der Waals surface area contributed by atoms with Gasteiger partial charge in [0.25, 0.3) is 0 Å². The summed E-state index contributed by atoms with van der Waals surface area (Å²) in [5.41, 5.74) is 1.04. The molecule has 1 N–H and O–H groups in total. The molecule has 1 aromatic heterocycles. The molecule has 110 valence electrons. The summed E-state index contributed by atoms with van der Waals surface area (Å²) < 4.78 is 12.4. The number of benzene rings is 1. The van der Waals surface area contributed by atoms with Crippen LogP contribution >= 0.6 is 0 Å². The molecule has 0 aliphatic heterocycles. The first-order valence-electron chi connectivity index (χ1n) is 6.74. The molecular formula is C16H19N3O2. The van der Waals surface area contributed by atoms with Crippen LogP contribution in [0.4, 0.5) is 5.82 Å². The van der Waals surface area contributed by atoms with Gasteiger partial charge in [-0.05, 0) is 6.07 Å². The molecule has 2 rings (SSSR count). The monoisotopic (exact) mass is 285 g/mol. The van der Waals surface area contributed by atoms with Crippen LogP contribution < -0.4 is 10.1 Å². The van der Waals surface area contributed by atoms with Crippen LogP contribution in [0.3, 0.4) is 0 Å². The Morgan fingerprint density at radius 1 is 1.33 bits per heavy atom. The Hall–Kier alpha value is -2.45. The molecule has 1 aromatic carbocycles. The Morgan fingerprint density at radius 3 is 3.00 bits per heavy atom. The molecule has 0 saturated heterocycles. The first kappa shape index (κ1) is 14.9. The molecule has 0 unspecified atom stereocenters. The summed E-state index contributed by atoms with van der Waals surface area (Å²) >= 11 is 0. The van der Waals surface area contributed by atoms with E-state index in [1.54, 1.807) is 7.11 Å². The van der Waals surface area contributed by atoms with Crippen molar-refractivity contribution in [2.45, 2.75) is 13.1 Å². The highest BCUT2D eigenvalue weighted by Gasteiger charge is 2.04. The van der Waals surface area contributed by atoms with Crippen LogP contribution in [0.2, 0.25) is 0 Å². The highest BCUT2D eigenvalue weighted by atomic mass is 16.5. The number of methoxy groups -OCH3 is 1. The number of hydrogen-bond acceptors (Lipinski definition) is 4. The SMILES string of the molecule is C#CCOc1ccccc1CNc1ccn(CCOC)n1. The first-order chi connectivity index (χ1) is 10.3. The Bertz CT molecular complexity index is 602. The van der Waals surface area contributed by atoms with Crippen LogP contribution in [0.1, 0.15) is 5.56 Å². The number of hydrogen-bond donors (Lipinski definition) is 1. The van der Waals surface area contributed by atoms with Gasteiger partial charge in [0, 0.05) is 31.5 Å². The van der Waals surface area contributed by atoms with E-state index in [1.165, 1.54) is 0 Å². The Kier molecular flexibility index (Phi) is 5.68. The average Bonchev–Trinajstić information content (AvgIpc) is 2.97. The molecule has 5 nitrogen and oxygen atoms in total. The maximum absolute atomic E-state index is 5.51. The van der Waals surface area contributed by atoms with Crippen LogP contribution in [-0.4, -0.2) is 30.1 Å². The van der Waals surface area contributed by atoms with Gasteiger partial charge < -0.3 is 14.8 Å². The predicted molar refractivity (Wildman–Crippen MR) is 82.2 cm³/mol. The molecule has 2 aromatic rings. The normalized spacial score (nSPS) is 10.1. The van der Waals surface area contributed by atoms with Crippen LogP contribution in [0.15, 0.2) is 36.5 Å². The van der Waals surface area contributed by atoms with Gasteiger partial charge in [-0.15, -0.1) is 6.42 Å². The lowest BCUT2D eigenvalue weighted by Crippen LogP contribution is -2.07. The van der Waals surface area contributed by atoms with Crippen LogP contribution in [0.5, 0.6) is 5.75 Å². The average molecular weight is 285 g/mol. The molecular weight excluding hydrogens is 266 g/mol. The smallest absolute Gasteiger partial charge is 0.148 e. The van der Waals surface area contributed by atoms with Crippen LogP contribution in [0.25, 0.3) is 0 Å². The number of ether oxygens (including phenoxy) is 2. The van der Waals surface area contributed by atoms with Gasteiger partial charge in [0.05, 0.1) is 13.2 Å². The maximum atomic E-state index is 5.51. The van der Waals surface area contributed by atoms with Gasteiger partial charge in [-0.3, -0.25) is 4.68 Å². The fraction of sp³-hybridized carbons (Fsp3) is 0.312. The van der Waals surface area contributed by atoms with Gasteiger partial charge in [-0.1, -0.05) is 24.1 Å². The van der Waals surface area contributed by atoms with E-state index in [0.29, 0.717) is 13.2 Å². The summed E-state index contributed by atoms with van der Waals surface area (Å²) in [6.07, 6.45) is 7.14. The summed E-state index contributed by atoms with van der Waals surface area (Å²) in [7, 11) is 1.68. The molecule has 0 spiro atoms. The van der Waals surface area contributed by atoms with Crippen molar-refractivity contribution in [1.82, 2.24) is 9.78 Å². The van der Waals surface area contributed by atoms with E-state index < -0.39 is 0 Å². The van der Waals surface area contributed by atoms with Crippen molar-refractivity contribution < 1.29 is 9.47 Å². The van der Waals surface area contributed by atoms with Gasteiger partial charge in [-0.2, -0.15) is 5.10 Å². The van der Waals surface area contributed by atoms with Crippen molar-refractivity contribution in [2.75, 3.05) is 25.6 Å². The van der Waals surface area contributed by atoms with E-state index in [2.05, 4.69) is 16.3 Å². The summed E-state index contributed by atoms with van der Waals surface area (Å²) in [4.78, 5) is 0. The second-order valence-electron chi connectivity index (χ2n) is 4.41. The molecule has 0 amide bonds. The van der Waals surface area contributed by atoms with Gasteiger partial charge in [0.15, 0.2) is 0 Å². The van der Waals surface area contributed by atoms with Crippen molar-refractivity contribution in [3.8, 4) is 18.1 Å². The van der Waals surface area contributed by atoms with Crippen LogP contribution in [0, 0.1) is 12.3 Å². The zero-order valence-electron chi connectivity index (χ0n) is 12.1. The van der Waals surface area contributed by atoms with Crippen molar-refractivity contribution in [3.05, 3.63) is 42.1 Å². The molecule has 0 aliphatic rings. The molecule has 0 aliphatic carbocycles. The maximum Gasteiger partial charge on any atom is 0.148 e. The Balaban J connectivity index is 1.93. The lowest BCUT2D eigenvalue weighted by molar-refractivity contribution is 0.183. The topological polar surface area (TPSA) is 48.3 Å². The zero-order chi connectivity index (χ0) is 14.9. The van der Waals surface area contributed by atoms with Gasteiger partial charge in [-0.25, -0.2) is 0 Å². The van der Waals surface area contributed by atoms with Crippen molar-refractivity contribution in [1.29, 1.82) is 0 Å². The largest absolute Gasteiger partial charge is 0.481 e. The minimum atomic E-state index is 0.267. The number of nitrogens with one attached hydrogen (secondary N) is 1. The third-order valence-electron chi connectivity index (χ3n) is 2.91. The van der Waals surface area contributed by atoms with Gasteiger partial charge >= 0.3 is 0 Å². The number of aromatic nitrogens is 2. The van der Waals surface area contributed by atoms with Crippen molar-refractivity contribution in [2.24, 2.45) is 0 Å². The fourth-order valence-corrected chi connectivity index (χ4v) is 1.86. The highest BCUT2D eigenvalue weighted by molar-refractivity contribution is 5.39. The molecule has 1 heterocycles. The number of rotatable bonds is 8. The lowest BCUT2D eigenvalue weighted by atomic mass is 10.2. The van der Waals surface area contributed by atoms with E-state index in [4.69, 9.17) is 15.9 Å². The van der Waals surface area contributed by atoms with E-state index in [9.17, 15) is 0 Å². The summed E-state index contributed by atoms with van der Waals surface area (Å²) in [6, 6.07) is 9.73. The predicted octanol–water partition coefficient (Wildman–Crippen LogP) is 2.15. The lowest BCUT2D eigenvalue weighted by Gasteiger charge is -2.10. The first-order valence-corrected chi connectivity index (χ1v) is 6.74. The van der Waals surface area contributed by atoms with Gasteiger partial charge in [0.1, 0.15) is 18.2 Å². The third kappa shape index (κ3) is 4.55. The molecule has 0 fully saturated rings. The molecule has 0 bridgehead atoms. The molecule has 5 heteroatoms. The van der Waals surface area contributed by atoms with Crippen molar-refractivity contribution >= 4 is 5.82 Å².